The van der Waals surface area contributed by atoms with E-state index >= 15 is 0 Å². The first-order chi connectivity index (χ1) is 12.0. The molecule has 25 heavy (non-hydrogen) atoms. The van der Waals surface area contributed by atoms with E-state index in [1.54, 1.807) is 0 Å². The Morgan fingerprint density at radius 1 is 1.04 bits per heavy atom. The Labute approximate surface area is 148 Å². The summed E-state index contributed by atoms with van der Waals surface area (Å²) in [5.41, 5.74) is 10.4. The molecule has 2 N–H and O–H groups in total. The molecule has 0 amide bonds. The quantitative estimate of drug-likeness (QED) is 0.629. The number of nitrogens with zero attached hydrogens (tertiary/aromatic N) is 1. The summed E-state index contributed by atoms with van der Waals surface area (Å²) in [6, 6.07) is 15.6. The average Bonchev–Trinajstić information content (AvgIpc) is 2.89. The van der Waals surface area contributed by atoms with Crippen LogP contribution in [0.2, 0.25) is 0 Å². The van der Waals surface area contributed by atoms with E-state index in [4.69, 9.17) is 5.73 Å². The van der Waals surface area contributed by atoms with Crippen molar-refractivity contribution in [3.63, 3.8) is 0 Å². The molecule has 1 heterocycles. The molecule has 3 aromatic rings. The SMILES string of the molecule is CC(N)C/C=C/c1c(-c2ccc(F)cc2)c2ccccc2n1C(C)C. The number of nitrogens with two attached hydrogens (primary N) is 1. The number of hydrogen-bond acceptors (Lipinski definition) is 1. The van der Waals surface area contributed by atoms with Gasteiger partial charge in [-0.25, -0.2) is 4.39 Å². The molecular weight excluding hydrogens is 311 g/mol. The van der Waals surface area contributed by atoms with Gasteiger partial charge in [0.2, 0.25) is 0 Å². The van der Waals surface area contributed by atoms with Crippen LogP contribution in [-0.2, 0) is 0 Å². The van der Waals surface area contributed by atoms with Crippen molar-refractivity contribution < 1.29 is 4.39 Å². The van der Waals surface area contributed by atoms with E-state index < -0.39 is 0 Å². The third kappa shape index (κ3) is 3.52. The lowest BCUT2D eigenvalue weighted by molar-refractivity contribution is 0.618. The molecule has 0 fully saturated rings. The van der Waals surface area contributed by atoms with Crippen molar-refractivity contribution in [1.82, 2.24) is 4.57 Å². The molecule has 1 unspecified atom stereocenters. The maximum Gasteiger partial charge on any atom is 0.123 e. The highest BCUT2D eigenvalue weighted by molar-refractivity contribution is 6.01. The number of aromatic nitrogens is 1. The van der Waals surface area contributed by atoms with E-state index in [1.807, 2.05) is 19.1 Å². The molecule has 130 valence electrons. The van der Waals surface area contributed by atoms with Gasteiger partial charge in [0.15, 0.2) is 0 Å². The number of rotatable bonds is 5. The molecule has 0 saturated heterocycles. The lowest BCUT2D eigenvalue weighted by Gasteiger charge is -2.14. The molecule has 0 aliphatic rings. The van der Waals surface area contributed by atoms with Crippen molar-refractivity contribution >= 4 is 17.0 Å². The highest BCUT2D eigenvalue weighted by atomic mass is 19.1. The van der Waals surface area contributed by atoms with E-state index in [1.165, 1.54) is 23.0 Å². The van der Waals surface area contributed by atoms with Crippen LogP contribution in [0.1, 0.15) is 38.9 Å². The largest absolute Gasteiger partial charge is 0.338 e. The van der Waals surface area contributed by atoms with Crippen molar-refractivity contribution in [3.8, 4) is 11.1 Å². The highest BCUT2D eigenvalue weighted by Gasteiger charge is 2.18. The van der Waals surface area contributed by atoms with E-state index in [9.17, 15) is 4.39 Å². The second kappa shape index (κ2) is 7.24. The molecule has 3 rings (SSSR count). The van der Waals surface area contributed by atoms with Crippen molar-refractivity contribution in [1.29, 1.82) is 0 Å². The van der Waals surface area contributed by atoms with Gasteiger partial charge >= 0.3 is 0 Å². The van der Waals surface area contributed by atoms with Crippen LogP contribution in [0.3, 0.4) is 0 Å². The van der Waals surface area contributed by atoms with Gasteiger partial charge in [0.1, 0.15) is 5.82 Å². The molecule has 0 spiro atoms. The molecule has 0 aliphatic carbocycles. The maximum absolute atomic E-state index is 13.4. The van der Waals surface area contributed by atoms with Crippen molar-refractivity contribution in [2.45, 2.75) is 39.3 Å². The van der Waals surface area contributed by atoms with Gasteiger partial charge in [0, 0.05) is 34.2 Å². The Morgan fingerprint density at radius 2 is 1.72 bits per heavy atom. The van der Waals surface area contributed by atoms with Gasteiger partial charge in [0.05, 0.1) is 0 Å². The Kier molecular flexibility index (Phi) is 5.05. The van der Waals surface area contributed by atoms with E-state index in [0.29, 0.717) is 6.04 Å². The average molecular weight is 336 g/mol. The fourth-order valence-electron chi connectivity index (χ4n) is 3.32. The second-order valence-corrected chi connectivity index (χ2v) is 6.86. The van der Waals surface area contributed by atoms with Crippen LogP contribution in [0, 0.1) is 5.82 Å². The number of halogens is 1. The Morgan fingerprint density at radius 3 is 2.36 bits per heavy atom. The first-order valence-corrected chi connectivity index (χ1v) is 8.80. The topological polar surface area (TPSA) is 30.9 Å². The van der Waals surface area contributed by atoms with E-state index in [0.717, 1.165) is 23.2 Å². The van der Waals surface area contributed by atoms with Gasteiger partial charge < -0.3 is 10.3 Å². The van der Waals surface area contributed by atoms with Crippen LogP contribution in [0.4, 0.5) is 4.39 Å². The standard InChI is InChI=1S/C22H25FN2/c1-15(2)25-20-9-5-4-8-19(20)22(17-11-13-18(23)14-12-17)21(25)10-6-7-16(3)24/h4-6,8-16H,7,24H2,1-3H3/b10-6+. The summed E-state index contributed by atoms with van der Waals surface area (Å²) in [6.07, 6.45) is 5.11. The van der Waals surface area contributed by atoms with E-state index in [2.05, 4.69) is 54.8 Å². The zero-order chi connectivity index (χ0) is 18.0. The van der Waals surface area contributed by atoms with Gasteiger partial charge in [-0.3, -0.25) is 0 Å². The van der Waals surface area contributed by atoms with Gasteiger partial charge in [-0.1, -0.05) is 36.4 Å². The normalized spacial score (nSPS) is 13.2. The predicted octanol–water partition coefficient (Wildman–Crippen LogP) is 5.78. The molecule has 3 heteroatoms. The molecule has 1 aromatic heterocycles. The van der Waals surface area contributed by atoms with E-state index in [-0.39, 0.29) is 11.9 Å². The third-order valence-corrected chi connectivity index (χ3v) is 4.38. The fourth-order valence-corrected chi connectivity index (χ4v) is 3.32. The minimum absolute atomic E-state index is 0.127. The zero-order valence-corrected chi connectivity index (χ0v) is 15.0. The Hall–Kier alpha value is -2.39. The van der Waals surface area contributed by atoms with Crippen molar-refractivity contribution in [2.24, 2.45) is 5.73 Å². The first-order valence-electron chi connectivity index (χ1n) is 8.80. The molecule has 0 radical (unpaired) electrons. The molecule has 0 aliphatic heterocycles. The lowest BCUT2D eigenvalue weighted by Crippen LogP contribution is -2.12. The van der Waals surface area contributed by atoms with Crippen LogP contribution < -0.4 is 5.73 Å². The van der Waals surface area contributed by atoms with Crippen LogP contribution in [-0.4, -0.2) is 10.6 Å². The molecule has 0 bridgehead atoms. The second-order valence-electron chi connectivity index (χ2n) is 6.86. The zero-order valence-electron chi connectivity index (χ0n) is 15.0. The minimum atomic E-state index is -0.217. The minimum Gasteiger partial charge on any atom is -0.338 e. The van der Waals surface area contributed by atoms with Crippen LogP contribution in [0.5, 0.6) is 0 Å². The van der Waals surface area contributed by atoms with Crippen LogP contribution in [0.25, 0.3) is 28.1 Å². The monoisotopic (exact) mass is 336 g/mol. The summed E-state index contributed by atoms with van der Waals surface area (Å²) < 4.78 is 15.7. The summed E-state index contributed by atoms with van der Waals surface area (Å²) >= 11 is 0. The highest BCUT2D eigenvalue weighted by Crippen LogP contribution is 2.37. The smallest absolute Gasteiger partial charge is 0.123 e. The summed E-state index contributed by atoms with van der Waals surface area (Å²) in [6.45, 7) is 6.37. The van der Waals surface area contributed by atoms with Gasteiger partial charge in [0.25, 0.3) is 0 Å². The Bertz CT molecular complexity index is 886. The number of para-hydroxylation sites is 1. The number of benzene rings is 2. The van der Waals surface area contributed by atoms with Crippen molar-refractivity contribution in [3.05, 3.63) is 66.1 Å². The lowest BCUT2D eigenvalue weighted by atomic mass is 10.0. The van der Waals surface area contributed by atoms with Gasteiger partial charge in [-0.2, -0.15) is 0 Å². The van der Waals surface area contributed by atoms with Crippen LogP contribution >= 0.6 is 0 Å². The summed E-state index contributed by atoms with van der Waals surface area (Å²) in [5.74, 6) is -0.217. The molecule has 2 aromatic carbocycles. The molecule has 0 saturated carbocycles. The third-order valence-electron chi connectivity index (χ3n) is 4.38. The fraction of sp³-hybridized carbons (Fsp3) is 0.273. The van der Waals surface area contributed by atoms with Crippen LogP contribution in [0.15, 0.2) is 54.6 Å². The van der Waals surface area contributed by atoms with Crippen molar-refractivity contribution in [2.75, 3.05) is 0 Å². The molecule has 1 atom stereocenters. The summed E-state index contributed by atoms with van der Waals surface area (Å²) in [7, 11) is 0. The predicted molar refractivity (Wildman–Crippen MR) is 105 cm³/mol. The molecular formula is C22H25FN2. The summed E-state index contributed by atoms with van der Waals surface area (Å²) in [4.78, 5) is 0. The number of fused-ring (bicyclic) bond motifs is 1. The maximum atomic E-state index is 13.4. The Balaban J connectivity index is 2.28. The van der Waals surface area contributed by atoms with Gasteiger partial charge in [-0.05, 0) is 57.0 Å². The first kappa shape index (κ1) is 17.4. The number of hydrogen-bond donors (Lipinski definition) is 1. The van der Waals surface area contributed by atoms with Gasteiger partial charge in [-0.15, -0.1) is 0 Å². The summed E-state index contributed by atoms with van der Waals surface area (Å²) in [5, 5.41) is 1.18. The molecule has 2 nitrogen and oxygen atoms in total.